The predicted octanol–water partition coefficient (Wildman–Crippen LogP) is 2.05. The molecule has 1 aromatic carbocycles. The highest BCUT2D eigenvalue weighted by atomic mass is 35.5. The Bertz CT molecular complexity index is 689. The van der Waals surface area contributed by atoms with Gasteiger partial charge in [-0.3, -0.25) is 4.79 Å². The predicted molar refractivity (Wildman–Crippen MR) is 89.1 cm³/mol. The number of nitrogens with one attached hydrogen (secondary N) is 1. The molecule has 1 amide bonds. The summed E-state index contributed by atoms with van der Waals surface area (Å²) in [4.78, 5) is 18.8. The largest absolute Gasteiger partial charge is 0.336 e. The molecule has 1 aliphatic heterocycles. The van der Waals surface area contributed by atoms with E-state index in [1.165, 1.54) is 0 Å². The maximum absolute atomic E-state index is 12.6. The molecule has 0 bridgehead atoms. The van der Waals surface area contributed by atoms with Gasteiger partial charge in [-0.05, 0) is 51.1 Å². The first-order valence-corrected chi connectivity index (χ1v) is 8.12. The summed E-state index contributed by atoms with van der Waals surface area (Å²) >= 11 is 5.91. The van der Waals surface area contributed by atoms with E-state index in [2.05, 4.69) is 15.4 Å². The average Bonchev–Trinajstić information content (AvgIpc) is 2.97. The van der Waals surface area contributed by atoms with Crippen LogP contribution in [0.25, 0.3) is 5.69 Å². The fourth-order valence-electron chi connectivity index (χ4n) is 2.82. The van der Waals surface area contributed by atoms with Crippen molar-refractivity contribution in [2.45, 2.75) is 25.8 Å². The Morgan fingerprint density at radius 1 is 1.26 bits per heavy atom. The van der Waals surface area contributed by atoms with Gasteiger partial charge in [-0.25, -0.2) is 9.67 Å². The molecule has 0 unspecified atom stereocenters. The topological polar surface area (TPSA) is 63.1 Å². The molecule has 1 saturated heterocycles. The van der Waals surface area contributed by atoms with Crippen LogP contribution in [0.15, 0.2) is 24.3 Å². The molecule has 0 spiro atoms. The molecule has 1 aliphatic rings. The van der Waals surface area contributed by atoms with E-state index >= 15 is 0 Å². The summed E-state index contributed by atoms with van der Waals surface area (Å²) in [5.74, 6) is 0.830. The van der Waals surface area contributed by atoms with E-state index in [0.29, 0.717) is 16.9 Å². The average molecular weight is 334 g/mol. The fraction of sp³-hybridized carbons (Fsp3) is 0.438. The molecular weight excluding hydrogens is 314 g/mol. The molecule has 1 aromatic heterocycles. The van der Waals surface area contributed by atoms with Crippen LogP contribution in [-0.2, 0) is 0 Å². The molecule has 2 heterocycles. The Balaban J connectivity index is 1.78. The molecule has 1 N–H and O–H groups in total. The van der Waals surface area contributed by atoms with E-state index in [1.807, 2.05) is 31.0 Å². The van der Waals surface area contributed by atoms with Crippen LogP contribution in [0.3, 0.4) is 0 Å². The van der Waals surface area contributed by atoms with Crippen LogP contribution in [0.4, 0.5) is 0 Å². The van der Waals surface area contributed by atoms with Crippen LogP contribution in [-0.4, -0.2) is 51.8 Å². The summed E-state index contributed by atoms with van der Waals surface area (Å²) in [6.45, 7) is 3.31. The number of halogens is 1. The number of carbonyl (C=O) groups excluding carboxylic acids is 1. The quantitative estimate of drug-likeness (QED) is 0.933. The highest BCUT2D eigenvalue weighted by Crippen LogP contribution is 2.16. The number of piperidine rings is 1. The standard InChI is InChI=1S/C16H20ClN5O/c1-11-19-15(16(23)21-9-7-13(18-2)8-10-21)20-22(11)14-5-3-12(17)4-6-14/h3-6,13,18H,7-10H2,1-2H3. The number of nitrogens with zero attached hydrogens (tertiary/aromatic N) is 4. The van der Waals surface area contributed by atoms with Crippen LogP contribution in [0.1, 0.15) is 29.3 Å². The van der Waals surface area contributed by atoms with E-state index in [9.17, 15) is 4.79 Å². The SMILES string of the molecule is CNC1CCN(C(=O)c2nc(C)n(-c3ccc(Cl)cc3)n2)CC1. The number of aryl methyl sites for hydroxylation is 1. The van der Waals surface area contributed by atoms with Crippen molar-refractivity contribution in [2.24, 2.45) is 0 Å². The minimum atomic E-state index is -0.102. The summed E-state index contributed by atoms with van der Waals surface area (Å²) in [6, 6.07) is 7.79. The highest BCUT2D eigenvalue weighted by molar-refractivity contribution is 6.30. The maximum Gasteiger partial charge on any atom is 0.293 e. The van der Waals surface area contributed by atoms with Gasteiger partial charge in [0.1, 0.15) is 5.82 Å². The molecule has 0 atom stereocenters. The van der Waals surface area contributed by atoms with Gasteiger partial charge in [-0.2, -0.15) is 0 Å². The third-order valence-corrected chi connectivity index (χ3v) is 4.47. The summed E-state index contributed by atoms with van der Waals surface area (Å²) in [5, 5.41) is 8.30. The minimum Gasteiger partial charge on any atom is -0.336 e. The van der Waals surface area contributed by atoms with Crippen molar-refractivity contribution < 1.29 is 4.79 Å². The molecule has 2 aromatic rings. The molecular formula is C16H20ClN5O. The summed E-state index contributed by atoms with van der Waals surface area (Å²) < 4.78 is 1.67. The van der Waals surface area contributed by atoms with E-state index in [-0.39, 0.29) is 11.7 Å². The number of likely N-dealkylation sites (tertiary alicyclic amines) is 1. The van der Waals surface area contributed by atoms with Crippen molar-refractivity contribution >= 4 is 17.5 Å². The number of rotatable bonds is 3. The zero-order valence-corrected chi connectivity index (χ0v) is 14.0. The summed E-state index contributed by atoms with van der Waals surface area (Å²) in [7, 11) is 1.96. The molecule has 3 rings (SSSR count). The van der Waals surface area contributed by atoms with Gasteiger partial charge in [0.15, 0.2) is 0 Å². The Hall–Kier alpha value is -1.92. The van der Waals surface area contributed by atoms with Gasteiger partial charge < -0.3 is 10.2 Å². The van der Waals surface area contributed by atoms with Crippen molar-refractivity contribution in [1.29, 1.82) is 0 Å². The third-order valence-electron chi connectivity index (χ3n) is 4.22. The second-order valence-electron chi connectivity index (χ2n) is 5.73. The Kier molecular flexibility index (Phi) is 4.63. The van der Waals surface area contributed by atoms with Gasteiger partial charge in [0, 0.05) is 24.2 Å². The highest BCUT2D eigenvalue weighted by Gasteiger charge is 2.26. The number of hydrogen-bond acceptors (Lipinski definition) is 4. The van der Waals surface area contributed by atoms with Crippen molar-refractivity contribution in [1.82, 2.24) is 25.0 Å². The van der Waals surface area contributed by atoms with Crippen LogP contribution in [0, 0.1) is 6.92 Å². The number of aromatic nitrogens is 3. The van der Waals surface area contributed by atoms with Gasteiger partial charge in [0.2, 0.25) is 5.82 Å². The Morgan fingerprint density at radius 3 is 2.52 bits per heavy atom. The van der Waals surface area contributed by atoms with Crippen molar-refractivity contribution in [3.8, 4) is 5.69 Å². The van der Waals surface area contributed by atoms with Gasteiger partial charge in [-0.15, -0.1) is 5.10 Å². The molecule has 0 saturated carbocycles. The van der Waals surface area contributed by atoms with E-state index in [4.69, 9.17) is 11.6 Å². The van der Waals surface area contributed by atoms with Crippen molar-refractivity contribution in [3.05, 3.63) is 40.9 Å². The summed E-state index contributed by atoms with van der Waals surface area (Å²) in [5.41, 5.74) is 0.840. The lowest BCUT2D eigenvalue weighted by atomic mass is 10.1. The molecule has 6 nitrogen and oxygen atoms in total. The third kappa shape index (κ3) is 3.38. The molecule has 0 aliphatic carbocycles. The van der Waals surface area contributed by atoms with Gasteiger partial charge >= 0.3 is 0 Å². The number of hydrogen-bond donors (Lipinski definition) is 1. The summed E-state index contributed by atoms with van der Waals surface area (Å²) in [6.07, 6.45) is 1.91. The van der Waals surface area contributed by atoms with Crippen molar-refractivity contribution in [2.75, 3.05) is 20.1 Å². The number of carbonyl (C=O) groups is 1. The zero-order valence-electron chi connectivity index (χ0n) is 13.3. The first kappa shape index (κ1) is 16.0. The maximum atomic E-state index is 12.6. The first-order valence-electron chi connectivity index (χ1n) is 7.74. The monoisotopic (exact) mass is 333 g/mol. The lowest BCUT2D eigenvalue weighted by Crippen LogP contribution is -2.44. The van der Waals surface area contributed by atoms with Gasteiger partial charge in [-0.1, -0.05) is 11.6 Å². The molecule has 122 valence electrons. The van der Waals surface area contributed by atoms with Crippen LogP contribution in [0.2, 0.25) is 5.02 Å². The fourth-order valence-corrected chi connectivity index (χ4v) is 2.95. The van der Waals surface area contributed by atoms with Crippen LogP contribution >= 0.6 is 11.6 Å². The Morgan fingerprint density at radius 2 is 1.91 bits per heavy atom. The second kappa shape index (κ2) is 6.68. The Labute approximate surface area is 140 Å². The first-order chi connectivity index (χ1) is 11.1. The molecule has 7 heteroatoms. The van der Waals surface area contributed by atoms with Gasteiger partial charge in [0.25, 0.3) is 5.91 Å². The van der Waals surface area contributed by atoms with E-state index < -0.39 is 0 Å². The zero-order chi connectivity index (χ0) is 16.4. The van der Waals surface area contributed by atoms with E-state index in [1.54, 1.807) is 16.8 Å². The van der Waals surface area contributed by atoms with Gasteiger partial charge in [0.05, 0.1) is 5.69 Å². The smallest absolute Gasteiger partial charge is 0.293 e. The van der Waals surface area contributed by atoms with Crippen molar-refractivity contribution in [3.63, 3.8) is 0 Å². The minimum absolute atomic E-state index is 0.102. The second-order valence-corrected chi connectivity index (χ2v) is 6.16. The normalized spacial score (nSPS) is 15.9. The number of amides is 1. The van der Waals surface area contributed by atoms with Crippen LogP contribution in [0.5, 0.6) is 0 Å². The van der Waals surface area contributed by atoms with Crippen LogP contribution < -0.4 is 5.32 Å². The lowest BCUT2D eigenvalue weighted by molar-refractivity contribution is 0.0695. The molecule has 0 radical (unpaired) electrons. The lowest BCUT2D eigenvalue weighted by Gasteiger charge is -2.30. The number of benzene rings is 1. The molecule has 1 fully saturated rings. The van der Waals surface area contributed by atoms with E-state index in [0.717, 1.165) is 31.6 Å². The molecule has 23 heavy (non-hydrogen) atoms.